The summed E-state index contributed by atoms with van der Waals surface area (Å²) in [5.41, 5.74) is 8.27. The van der Waals surface area contributed by atoms with Gasteiger partial charge >= 0.3 is 0 Å². The molecule has 70 valence electrons. The number of anilines is 1. The third kappa shape index (κ3) is 0.990. The van der Waals surface area contributed by atoms with Crippen LogP contribution < -0.4 is 10.5 Å². The average Bonchev–Trinajstić information content (AvgIpc) is 2.65. The highest BCUT2D eigenvalue weighted by atomic mass is 32.1. The monoisotopic (exact) mass is 205 g/mol. The summed E-state index contributed by atoms with van der Waals surface area (Å²) >= 11 is 1.37. The van der Waals surface area contributed by atoms with Crippen LogP contribution in [-0.4, -0.2) is 9.59 Å². The van der Waals surface area contributed by atoms with Gasteiger partial charge in [-0.15, -0.1) is 5.10 Å². The molecule has 0 spiro atoms. The molecule has 1 aromatic heterocycles. The van der Waals surface area contributed by atoms with Crippen LogP contribution in [0, 0.1) is 0 Å². The summed E-state index contributed by atoms with van der Waals surface area (Å²) in [5, 5.41) is 4.07. The molecule has 0 amide bonds. The predicted octanol–water partition coefficient (Wildman–Crippen LogP) is 1.68. The molecule has 1 aliphatic rings. The molecule has 0 unspecified atom stereocenters. The van der Waals surface area contributed by atoms with E-state index in [2.05, 4.69) is 9.59 Å². The van der Waals surface area contributed by atoms with Crippen LogP contribution in [0.1, 0.15) is 4.88 Å². The van der Waals surface area contributed by atoms with E-state index in [0.29, 0.717) is 12.3 Å². The number of rotatable bonds is 0. The summed E-state index contributed by atoms with van der Waals surface area (Å²) < 4.78 is 9.44. The minimum absolute atomic E-state index is 0.559. The van der Waals surface area contributed by atoms with E-state index in [9.17, 15) is 0 Å². The van der Waals surface area contributed by atoms with Crippen LogP contribution in [-0.2, 0) is 6.61 Å². The lowest BCUT2D eigenvalue weighted by Gasteiger charge is -2.15. The zero-order chi connectivity index (χ0) is 9.54. The van der Waals surface area contributed by atoms with Crippen molar-refractivity contribution in [3.05, 3.63) is 23.1 Å². The van der Waals surface area contributed by atoms with Crippen molar-refractivity contribution in [3.8, 4) is 17.0 Å². The molecule has 0 saturated heterocycles. The fraction of sp³-hybridized carbons (Fsp3) is 0.111. The van der Waals surface area contributed by atoms with Gasteiger partial charge < -0.3 is 10.5 Å². The van der Waals surface area contributed by atoms with Crippen LogP contribution in [0.3, 0.4) is 0 Å². The number of nitrogen functional groups attached to an aromatic ring is 1. The zero-order valence-electron chi connectivity index (χ0n) is 7.23. The molecule has 4 nitrogen and oxygen atoms in total. The van der Waals surface area contributed by atoms with E-state index < -0.39 is 0 Å². The fourth-order valence-electron chi connectivity index (χ4n) is 1.51. The average molecular weight is 205 g/mol. The molecule has 1 aromatic carbocycles. The number of hydrogen-bond donors (Lipinski definition) is 1. The second kappa shape index (κ2) is 2.68. The Morgan fingerprint density at radius 2 is 2.36 bits per heavy atom. The molecule has 0 aliphatic carbocycles. The predicted molar refractivity (Wildman–Crippen MR) is 54.1 cm³/mol. The molecule has 2 N–H and O–H groups in total. The van der Waals surface area contributed by atoms with Crippen molar-refractivity contribution >= 4 is 17.2 Å². The number of hydrogen-bond acceptors (Lipinski definition) is 5. The highest BCUT2D eigenvalue weighted by Gasteiger charge is 2.20. The first-order valence-corrected chi connectivity index (χ1v) is 4.96. The minimum atomic E-state index is 0.559. The highest BCUT2D eigenvalue weighted by molar-refractivity contribution is 7.06. The van der Waals surface area contributed by atoms with Gasteiger partial charge in [-0.2, -0.15) is 0 Å². The summed E-state index contributed by atoms with van der Waals surface area (Å²) in [5.74, 6) is 0.833. The number of ether oxygens (including phenoxy) is 1. The maximum absolute atomic E-state index is 5.71. The molecular formula is C9H7N3OS. The van der Waals surface area contributed by atoms with E-state index in [4.69, 9.17) is 10.5 Å². The Morgan fingerprint density at radius 3 is 3.29 bits per heavy atom. The Labute approximate surface area is 84.5 Å². The van der Waals surface area contributed by atoms with E-state index in [1.807, 2.05) is 18.2 Å². The van der Waals surface area contributed by atoms with Crippen molar-refractivity contribution in [2.24, 2.45) is 0 Å². The van der Waals surface area contributed by atoms with Gasteiger partial charge in [-0.05, 0) is 29.7 Å². The summed E-state index contributed by atoms with van der Waals surface area (Å²) in [4.78, 5) is 1.06. The molecule has 14 heavy (non-hydrogen) atoms. The van der Waals surface area contributed by atoms with Crippen molar-refractivity contribution in [1.29, 1.82) is 0 Å². The van der Waals surface area contributed by atoms with E-state index >= 15 is 0 Å². The molecule has 0 saturated carbocycles. The Balaban J connectivity index is 2.28. The number of fused-ring (bicyclic) bond motifs is 3. The molecule has 1 aliphatic heterocycles. The van der Waals surface area contributed by atoms with Crippen molar-refractivity contribution in [1.82, 2.24) is 9.59 Å². The Morgan fingerprint density at radius 1 is 1.43 bits per heavy atom. The molecule has 2 aromatic rings. The lowest BCUT2D eigenvalue weighted by atomic mass is 10.1. The third-order valence-electron chi connectivity index (χ3n) is 2.17. The SMILES string of the molecule is Nc1ccc2c(c1)-c1nnsc1CO2. The van der Waals surface area contributed by atoms with Crippen LogP contribution in [0.2, 0.25) is 0 Å². The van der Waals surface area contributed by atoms with Crippen LogP contribution in [0.5, 0.6) is 5.75 Å². The molecule has 0 bridgehead atoms. The van der Waals surface area contributed by atoms with Crippen molar-refractivity contribution in [2.45, 2.75) is 6.61 Å². The van der Waals surface area contributed by atoms with Crippen LogP contribution in [0.15, 0.2) is 18.2 Å². The number of aromatic nitrogens is 2. The van der Waals surface area contributed by atoms with Gasteiger partial charge in [-0.25, -0.2) is 0 Å². The number of benzene rings is 1. The van der Waals surface area contributed by atoms with Crippen LogP contribution in [0.25, 0.3) is 11.3 Å². The second-order valence-electron chi connectivity index (χ2n) is 3.09. The van der Waals surface area contributed by atoms with Gasteiger partial charge in [0, 0.05) is 11.3 Å². The van der Waals surface area contributed by atoms with Crippen LogP contribution in [0.4, 0.5) is 5.69 Å². The molecule has 2 heterocycles. The maximum atomic E-state index is 5.71. The molecule has 0 atom stereocenters. The first kappa shape index (κ1) is 7.75. The Kier molecular flexibility index (Phi) is 1.49. The molecular weight excluding hydrogens is 198 g/mol. The normalized spacial score (nSPS) is 12.9. The maximum Gasteiger partial charge on any atom is 0.129 e. The summed E-state index contributed by atoms with van der Waals surface area (Å²) in [6.07, 6.45) is 0. The largest absolute Gasteiger partial charge is 0.487 e. The second-order valence-corrected chi connectivity index (χ2v) is 3.93. The molecule has 5 heteroatoms. The van der Waals surface area contributed by atoms with Gasteiger partial charge in [0.25, 0.3) is 0 Å². The van der Waals surface area contributed by atoms with Crippen molar-refractivity contribution < 1.29 is 4.74 Å². The molecule has 3 rings (SSSR count). The van der Waals surface area contributed by atoms with Gasteiger partial charge in [0.1, 0.15) is 18.1 Å². The summed E-state index contributed by atoms with van der Waals surface area (Å²) in [6.45, 7) is 0.559. The lowest BCUT2D eigenvalue weighted by molar-refractivity contribution is 0.305. The summed E-state index contributed by atoms with van der Waals surface area (Å²) in [7, 11) is 0. The zero-order valence-corrected chi connectivity index (χ0v) is 8.04. The van der Waals surface area contributed by atoms with Gasteiger partial charge in [0.15, 0.2) is 0 Å². The number of nitrogens with two attached hydrogens (primary N) is 1. The topological polar surface area (TPSA) is 61.0 Å². The fourth-order valence-corrected chi connectivity index (χ4v) is 2.08. The quantitative estimate of drug-likeness (QED) is 0.665. The van der Waals surface area contributed by atoms with Gasteiger partial charge in [0.05, 0.1) is 4.88 Å². The van der Waals surface area contributed by atoms with E-state index in [0.717, 1.165) is 21.9 Å². The lowest BCUT2D eigenvalue weighted by Crippen LogP contribution is -2.03. The molecule has 0 radical (unpaired) electrons. The van der Waals surface area contributed by atoms with Gasteiger partial charge in [-0.3, -0.25) is 0 Å². The van der Waals surface area contributed by atoms with Crippen LogP contribution >= 0.6 is 11.5 Å². The van der Waals surface area contributed by atoms with E-state index in [1.165, 1.54) is 11.5 Å². The van der Waals surface area contributed by atoms with E-state index in [-0.39, 0.29) is 0 Å². The first-order chi connectivity index (χ1) is 6.84. The van der Waals surface area contributed by atoms with E-state index in [1.54, 1.807) is 0 Å². The highest BCUT2D eigenvalue weighted by Crippen LogP contribution is 2.38. The number of nitrogens with zero attached hydrogens (tertiary/aromatic N) is 2. The van der Waals surface area contributed by atoms with Crippen molar-refractivity contribution in [3.63, 3.8) is 0 Å². The third-order valence-corrected chi connectivity index (χ3v) is 2.87. The van der Waals surface area contributed by atoms with Gasteiger partial charge in [-0.1, -0.05) is 4.49 Å². The first-order valence-electron chi connectivity index (χ1n) is 4.18. The Bertz CT molecular complexity index is 495. The van der Waals surface area contributed by atoms with Gasteiger partial charge in [0.2, 0.25) is 0 Å². The minimum Gasteiger partial charge on any atom is -0.487 e. The smallest absolute Gasteiger partial charge is 0.129 e. The standard InChI is InChI=1S/C9H7N3OS/c10-5-1-2-7-6(3-5)9-8(4-13-7)14-12-11-9/h1-3H,4,10H2. The Hall–Kier alpha value is -1.62. The molecule has 0 fully saturated rings. The van der Waals surface area contributed by atoms with Crippen molar-refractivity contribution in [2.75, 3.05) is 5.73 Å². The summed E-state index contributed by atoms with van der Waals surface area (Å²) in [6, 6.07) is 5.56.